The molecule has 0 saturated carbocycles. The molecule has 15 nitrogen and oxygen atoms in total. The first-order chi connectivity index (χ1) is 20.1. The Labute approximate surface area is 241 Å². The number of carbonyl (C=O) groups excluding carboxylic acids is 1. The number of carbonyl (C=O) groups is 1. The number of nitrogens with zero attached hydrogens (tertiary/aromatic N) is 4. The molecule has 2 fully saturated rings. The summed E-state index contributed by atoms with van der Waals surface area (Å²) >= 11 is 0. The molecular formula is C26H32N7O8P. The van der Waals surface area contributed by atoms with Crippen molar-refractivity contribution in [1.82, 2.24) is 25.0 Å². The van der Waals surface area contributed by atoms with Gasteiger partial charge in [0.15, 0.2) is 5.82 Å². The Bertz CT molecular complexity index is 1490. The van der Waals surface area contributed by atoms with Crippen molar-refractivity contribution in [3.05, 3.63) is 54.5 Å². The second-order valence-electron chi connectivity index (χ2n) is 10.1. The van der Waals surface area contributed by atoms with Crippen molar-refractivity contribution in [2.24, 2.45) is 0 Å². The van der Waals surface area contributed by atoms with Crippen LogP contribution in [0.3, 0.4) is 0 Å². The number of piperidine rings is 1. The van der Waals surface area contributed by atoms with Gasteiger partial charge in [-0.15, -0.1) is 0 Å². The first kappa shape index (κ1) is 29.9. The number of hydrogen-bond donors (Lipinski definition) is 5. The van der Waals surface area contributed by atoms with E-state index in [2.05, 4.69) is 20.5 Å². The van der Waals surface area contributed by atoms with Crippen molar-refractivity contribution < 1.29 is 38.1 Å². The average molecular weight is 602 g/mol. The van der Waals surface area contributed by atoms with Crippen LogP contribution >= 0.6 is 7.75 Å². The first-order valence-electron chi connectivity index (χ1n) is 13.4. The van der Waals surface area contributed by atoms with Crippen molar-refractivity contribution >= 4 is 25.1 Å². The number of hydrogen-bond acceptors (Lipinski definition) is 13. The molecule has 2 aromatic heterocycles. The quantitative estimate of drug-likeness (QED) is 0.161. The molecule has 2 saturated heterocycles. The highest BCUT2D eigenvalue weighted by molar-refractivity contribution is 7.52. The SMILES string of the molecule is C[C@H](NP(=O)(OC[C@@]1(C#N)O[C@@H](c2ccc3c(N)ncnn23)[C@H](O)[C@@H]1O)Oc1ccccc1)C(=O)OC1CCNCC1. The Morgan fingerprint density at radius 3 is 2.76 bits per heavy atom. The van der Waals surface area contributed by atoms with Gasteiger partial charge in [0.1, 0.15) is 60.7 Å². The van der Waals surface area contributed by atoms with Crippen LogP contribution in [0, 0.1) is 11.3 Å². The number of aliphatic hydroxyl groups is 2. The molecule has 3 aromatic rings. The Hall–Kier alpha value is -3.61. The lowest BCUT2D eigenvalue weighted by Gasteiger charge is -2.29. The Morgan fingerprint density at radius 1 is 1.31 bits per heavy atom. The van der Waals surface area contributed by atoms with Gasteiger partial charge in [-0.25, -0.2) is 14.1 Å². The fourth-order valence-corrected chi connectivity index (χ4v) is 6.36. The zero-order chi connectivity index (χ0) is 29.9. The van der Waals surface area contributed by atoms with Crippen molar-refractivity contribution in [2.45, 2.75) is 55.8 Å². The van der Waals surface area contributed by atoms with Crippen molar-refractivity contribution in [3.8, 4) is 11.8 Å². The van der Waals surface area contributed by atoms with Crippen LogP contribution in [-0.4, -0.2) is 80.4 Å². The number of aliphatic hydroxyl groups excluding tert-OH is 2. The molecular weight excluding hydrogens is 569 g/mol. The number of anilines is 1. The largest absolute Gasteiger partial charge is 0.461 e. The van der Waals surface area contributed by atoms with Gasteiger partial charge in [0.25, 0.3) is 0 Å². The normalized spacial score (nSPS) is 26.8. The maximum absolute atomic E-state index is 14.0. The number of aromatic nitrogens is 3. The van der Waals surface area contributed by atoms with E-state index in [4.69, 9.17) is 24.3 Å². The zero-order valence-electron chi connectivity index (χ0n) is 22.7. The molecule has 6 atom stereocenters. The number of rotatable bonds is 10. The highest BCUT2D eigenvalue weighted by atomic mass is 31.2. The number of nitrogen functional groups attached to an aromatic ring is 1. The lowest BCUT2D eigenvalue weighted by molar-refractivity contribution is -0.151. The van der Waals surface area contributed by atoms with Crippen LogP contribution in [0.1, 0.15) is 31.6 Å². The van der Waals surface area contributed by atoms with E-state index in [9.17, 15) is 24.8 Å². The molecule has 1 unspecified atom stereocenters. The fraction of sp³-hybridized carbons (Fsp3) is 0.462. The second kappa shape index (κ2) is 12.3. The minimum absolute atomic E-state index is 0.154. The van der Waals surface area contributed by atoms with Crippen LogP contribution in [0.4, 0.5) is 5.82 Å². The van der Waals surface area contributed by atoms with Crippen molar-refractivity contribution in [1.29, 1.82) is 5.26 Å². The molecule has 42 heavy (non-hydrogen) atoms. The predicted octanol–water partition coefficient (Wildman–Crippen LogP) is 0.844. The summed E-state index contributed by atoms with van der Waals surface area (Å²) in [5.41, 5.74) is 4.44. The van der Waals surface area contributed by atoms with E-state index in [-0.39, 0.29) is 17.7 Å². The third-order valence-corrected chi connectivity index (χ3v) is 8.76. The van der Waals surface area contributed by atoms with Gasteiger partial charge in [0.05, 0.1) is 5.69 Å². The van der Waals surface area contributed by atoms with Crippen molar-refractivity contribution in [3.63, 3.8) is 0 Å². The van der Waals surface area contributed by atoms with Crippen LogP contribution in [0.2, 0.25) is 0 Å². The molecule has 0 bridgehead atoms. The smallest absolute Gasteiger partial charge is 0.459 e. The molecule has 4 heterocycles. The monoisotopic (exact) mass is 601 g/mol. The number of ether oxygens (including phenoxy) is 2. The van der Waals surface area contributed by atoms with Gasteiger partial charge in [-0.1, -0.05) is 18.2 Å². The number of nitrogens with one attached hydrogen (secondary N) is 2. The van der Waals surface area contributed by atoms with E-state index in [0.717, 1.165) is 0 Å². The third kappa shape index (κ3) is 6.11. The van der Waals surface area contributed by atoms with Crippen LogP contribution < -0.4 is 20.7 Å². The number of benzene rings is 1. The summed E-state index contributed by atoms with van der Waals surface area (Å²) in [5.74, 6) is -0.329. The third-order valence-electron chi connectivity index (χ3n) is 7.13. The van der Waals surface area contributed by atoms with Gasteiger partial charge in [0.2, 0.25) is 5.60 Å². The maximum atomic E-state index is 14.0. The summed E-state index contributed by atoms with van der Waals surface area (Å²) in [7, 11) is -4.41. The van der Waals surface area contributed by atoms with Crippen LogP contribution in [-0.2, 0) is 23.4 Å². The first-order valence-corrected chi connectivity index (χ1v) is 14.9. The minimum Gasteiger partial charge on any atom is -0.461 e. The van der Waals surface area contributed by atoms with Crippen molar-refractivity contribution in [2.75, 3.05) is 25.4 Å². The van der Waals surface area contributed by atoms with Gasteiger partial charge >= 0.3 is 13.7 Å². The van der Waals surface area contributed by atoms with E-state index in [0.29, 0.717) is 37.1 Å². The second-order valence-corrected chi connectivity index (χ2v) is 11.8. The number of fused-ring (bicyclic) bond motifs is 1. The summed E-state index contributed by atoms with van der Waals surface area (Å²) in [6.07, 6.45) is -2.40. The molecule has 2 aliphatic heterocycles. The maximum Gasteiger partial charge on any atom is 0.459 e. The summed E-state index contributed by atoms with van der Waals surface area (Å²) < 4.78 is 38.1. The summed E-state index contributed by atoms with van der Waals surface area (Å²) in [6, 6.07) is 12.0. The molecule has 0 radical (unpaired) electrons. The van der Waals surface area contributed by atoms with E-state index in [1.54, 1.807) is 30.3 Å². The van der Waals surface area contributed by atoms with E-state index in [1.165, 1.54) is 29.9 Å². The number of nitrogens with two attached hydrogens (primary N) is 1. The summed E-state index contributed by atoms with van der Waals surface area (Å²) in [5, 5.41) is 41.9. The van der Waals surface area contributed by atoms with E-state index < -0.39 is 50.3 Å². The molecule has 6 N–H and O–H groups in total. The molecule has 16 heteroatoms. The number of esters is 1. The van der Waals surface area contributed by atoms with Crippen LogP contribution in [0.5, 0.6) is 5.75 Å². The molecule has 2 aliphatic rings. The molecule has 0 aliphatic carbocycles. The van der Waals surface area contributed by atoms with E-state index in [1.807, 2.05) is 6.07 Å². The molecule has 0 spiro atoms. The van der Waals surface area contributed by atoms with Gasteiger partial charge < -0.3 is 35.3 Å². The zero-order valence-corrected chi connectivity index (χ0v) is 23.6. The Balaban J connectivity index is 1.35. The summed E-state index contributed by atoms with van der Waals surface area (Å²) in [6.45, 7) is 2.07. The molecule has 0 amide bonds. The minimum atomic E-state index is -4.41. The Morgan fingerprint density at radius 2 is 2.05 bits per heavy atom. The highest BCUT2D eigenvalue weighted by Gasteiger charge is 2.57. The van der Waals surface area contributed by atoms with Gasteiger partial charge in [-0.05, 0) is 57.1 Å². The van der Waals surface area contributed by atoms with Gasteiger partial charge in [0, 0.05) is 0 Å². The lowest BCUT2D eigenvalue weighted by atomic mass is 9.96. The topological polar surface area (TPSA) is 216 Å². The molecule has 1 aromatic carbocycles. The standard InChI is InChI=1S/C26H32N7O8P/c1-16(25(36)39-17-9-11-29-12-10-17)32-42(37,41-18-5-3-2-4-6-18)38-14-26(13-27)23(35)21(34)22(40-26)19-7-8-20-24(28)30-15-31-33(19)20/h2-8,15-17,21-23,29,34-35H,9-12,14H2,1H3,(H,32,37)(H2,28,30,31)/t16-,21-,22-,23-,26+,42?/m0/s1. The predicted molar refractivity (Wildman–Crippen MR) is 147 cm³/mol. The van der Waals surface area contributed by atoms with Gasteiger partial charge in [-0.3, -0.25) is 9.32 Å². The summed E-state index contributed by atoms with van der Waals surface area (Å²) in [4.78, 5) is 16.7. The fourth-order valence-electron chi connectivity index (χ4n) is 4.84. The number of para-hydroxylation sites is 1. The lowest BCUT2D eigenvalue weighted by Crippen LogP contribution is -2.46. The van der Waals surface area contributed by atoms with Gasteiger partial charge in [-0.2, -0.15) is 15.4 Å². The molecule has 5 rings (SSSR count). The van der Waals surface area contributed by atoms with Crippen LogP contribution in [0.15, 0.2) is 48.8 Å². The average Bonchev–Trinajstić information content (AvgIpc) is 3.53. The van der Waals surface area contributed by atoms with E-state index >= 15 is 0 Å². The Kier molecular flexibility index (Phi) is 8.76. The van der Waals surface area contributed by atoms with Crippen LogP contribution in [0.25, 0.3) is 5.52 Å². The highest BCUT2D eigenvalue weighted by Crippen LogP contribution is 2.48. The molecule has 224 valence electrons. The number of nitriles is 1.